The maximum Gasteiger partial charge on any atom is 0.318 e. The van der Waals surface area contributed by atoms with Gasteiger partial charge in [-0.1, -0.05) is 0 Å². The first-order chi connectivity index (χ1) is 7.99. The third-order valence-corrected chi connectivity index (χ3v) is 5.24. The number of aliphatic carboxylic acids is 1. The summed E-state index contributed by atoms with van der Waals surface area (Å²) in [4.78, 5) is 10.9. The molecule has 1 aromatic carbocycles. The molecule has 17 heavy (non-hydrogen) atoms. The SMILES string of the molecule is O=C(O)[C@H]1CN[C@H](c2cc(I)cc(I)c2O)S1. The lowest BCUT2D eigenvalue weighted by Crippen LogP contribution is -2.21. The lowest BCUT2D eigenvalue weighted by molar-refractivity contribution is -0.136. The quantitative estimate of drug-likeness (QED) is 0.572. The standard InChI is InChI=1S/C10H9I2NO3S/c11-4-1-5(8(14)6(12)2-4)9-13-3-7(17-9)10(15)16/h1-2,7,9,13-14H,3H2,(H,15,16)/t7-,9+/m1/s1. The number of carbonyl (C=O) groups is 1. The number of benzene rings is 1. The van der Waals surface area contributed by atoms with Crippen LogP contribution >= 0.6 is 56.9 Å². The zero-order valence-electron chi connectivity index (χ0n) is 8.48. The fraction of sp³-hybridized carbons (Fsp3) is 0.300. The van der Waals surface area contributed by atoms with Gasteiger partial charge < -0.3 is 10.2 Å². The molecule has 0 spiro atoms. The largest absolute Gasteiger partial charge is 0.506 e. The van der Waals surface area contributed by atoms with Crippen LogP contribution in [0.2, 0.25) is 0 Å². The second-order valence-corrected chi connectivity index (χ2v) is 7.30. The van der Waals surface area contributed by atoms with Crippen molar-refractivity contribution in [3.8, 4) is 5.75 Å². The molecule has 0 aromatic heterocycles. The first kappa shape index (κ1) is 13.7. The van der Waals surface area contributed by atoms with E-state index in [1.54, 1.807) is 0 Å². The number of carboxylic acid groups (broad SMARTS) is 1. The Morgan fingerprint density at radius 3 is 2.76 bits per heavy atom. The predicted molar refractivity (Wildman–Crippen MR) is 83.3 cm³/mol. The van der Waals surface area contributed by atoms with Gasteiger partial charge in [-0.05, 0) is 57.3 Å². The first-order valence-electron chi connectivity index (χ1n) is 4.78. The number of hydrogen-bond donors (Lipinski definition) is 3. The average Bonchev–Trinajstić information content (AvgIpc) is 2.72. The second-order valence-electron chi connectivity index (χ2n) is 3.58. The predicted octanol–water partition coefficient (Wildman–Crippen LogP) is 2.39. The summed E-state index contributed by atoms with van der Waals surface area (Å²) in [5.74, 6) is -0.577. The van der Waals surface area contributed by atoms with E-state index in [9.17, 15) is 9.90 Å². The lowest BCUT2D eigenvalue weighted by Gasteiger charge is -2.13. The molecule has 3 N–H and O–H groups in total. The first-order valence-corrected chi connectivity index (χ1v) is 7.88. The molecule has 7 heteroatoms. The summed E-state index contributed by atoms with van der Waals surface area (Å²) >= 11 is 5.58. The Bertz CT molecular complexity index is 469. The number of halogens is 2. The van der Waals surface area contributed by atoms with Crippen molar-refractivity contribution in [3.05, 3.63) is 24.8 Å². The van der Waals surface area contributed by atoms with Crippen molar-refractivity contribution in [3.63, 3.8) is 0 Å². The van der Waals surface area contributed by atoms with Gasteiger partial charge in [-0.2, -0.15) is 0 Å². The topological polar surface area (TPSA) is 69.6 Å². The van der Waals surface area contributed by atoms with Crippen molar-refractivity contribution in [2.75, 3.05) is 6.54 Å². The second kappa shape index (κ2) is 5.49. The van der Waals surface area contributed by atoms with Gasteiger partial charge in [0.25, 0.3) is 0 Å². The molecule has 1 fully saturated rings. The fourth-order valence-electron chi connectivity index (χ4n) is 1.59. The fourth-order valence-corrected chi connectivity index (χ4v) is 4.63. The van der Waals surface area contributed by atoms with Crippen molar-refractivity contribution in [2.24, 2.45) is 0 Å². The minimum absolute atomic E-state index is 0.153. The molecule has 2 rings (SSSR count). The van der Waals surface area contributed by atoms with Gasteiger partial charge in [0.15, 0.2) is 0 Å². The average molecular weight is 477 g/mol. The zero-order chi connectivity index (χ0) is 12.6. The molecule has 0 radical (unpaired) electrons. The van der Waals surface area contributed by atoms with E-state index < -0.39 is 11.2 Å². The highest BCUT2D eigenvalue weighted by molar-refractivity contribution is 14.1. The van der Waals surface area contributed by atoms with Gasteiger partial charge >= 0.3 is 5.97 Å². The van der Waals surface area contributed by atoms with Crippen LogP contribution in [0.5, 0.6) is 5.75 Å². The minimum Gasteiger partial charge on any atom is -0.506 e. The Balaban J connectivity index is 2.27. The van der Waals surface area contributed by atoms with Gasteiger partial charge in [-0.15, -0.1) is 11.8 Å². The number of phenols is 1. The maximum absolute atomic E-state index is 10.9. The molecule has 1 aromatic rings. The maximum atomic E-state index is 10.9. The van der Waals surface area contributed by atoms with Crippen molar-refractivity contribution in [1.82, 2.24) is 5.32 Å². The Hall–Kier alpha value is 0.260. The third-order valence-electron chi connectivity index (χ3n) is 2.40. The van der Waals surface area contributed by atoms with Crippen LogP contribution in [0.25, 0.3) is 0 Å². The van der Waals surface area contributed by atoms with Crippen LogP contribution in [-0.2, 0) is 4.79 Å². The van der Waals surface area contributed by atoms with Gasteiger partial charge in [0.2, 0.25) is 0 Å². The summed E-state index contributed by atoms with van der Waals surface area (Å²) in [5, 5.41) is 21.4. The van der Waals surface area contributed by atoms with Crippen molar-refractivity contribution in [2.45, 2.75) is 10.6 Å². The minimum atomic E-state index is -0.815. The van der Waals surface area contributed by atoms with Gasteiger partial charge in [-0.25, -0.2) is 0 Å². The van der Waals surface area contributed by atoms with E-state index in [0.717, 1.165) is 12.7 Å². The third kappa shape index (κ3) is 2.99. The number of hydrogen-bond acceptors (Lipinski definition) is 4. The summed E-state index contributed by atoms with van der Waals surface area (Å²) in [6.45, 7) is 0.423. The van der Waals surface area contributed by atoms with Crippen LogP contribution in [-0.4, -0.2) is 28.0 Å². The highest BCUT2D eigenvalue weighted by Gasteiger charge is 2.32. The molecule has 1 heterocycles. The van der Waals surface area contributed by atoms with E-state index in [-0.39, 0.29) is 11.1 Å². The Labute approximate surface area is 130 Å². The molecular formula is C10H9I2NO3S. The van der Waals surface area contributed by atoms with E-state index in [1.165, 1.54) is 11.8 Å². The molecule has 4 nitrogen and oxygen atoms in total. The van der Waals surface area contributed by atoms with E-state index in [1.807, 2.05) is 12.1 Å². The molecule has 0 saturated carbocycles. The van der Waals surface area contributed by atoms with E-state index in [4.69, 9.17) is 5.11 Å². The number of aromatic hydroxyl groups is 1. The number of carboxylic acids is 1. The Morgan fingerprint density at radius 2 is 2.18 bits per heavy atom. The molecule has 0 aliphatic carbocycles. The van der Waals surface area contributed by atoms with E-state index in [2.05, 4.69) is 50.5 Å². The highest BCUT2D eigenvalue weighted by Crippen LogP contribution is 2.41. The summed E-state index contributed by atoms with van der Waals surface area (Å²) in [7, 11) is 0. The summed E-state index contributed by atoms with van der Waals surface area (Å²) in [5.41, 5.74) is 0.759. The number of nitrogens with one attached hydrogen (secondary N) is 1. The van der Waals surface area contributed by atoms with Gasteiger partial charge in [-0.3, -0.25) is 10.1 Å². The molecule has 2 atom stereocenters. The molecule has 1 aliphatic heterocycles. The van der Waals surface area contributed by atoms with E-state index in [0.29, 0.717) is 6.54 Å². The van der Waals surface area contributed by atoms with Crippen LogP contribution in [0.1, 0.15) is 10.9 Å². The molecule has 0 bridgehead atoms. The van der Waals surface area contributed by atoms with Crippen molar-refractivity contribution < 1.29 is 15.0 Å². The summed E-state index contributed by atoms with van der Waals surface area (Å²) in [6.07, 6.45) is 0. The van der Waals surface area contributed by atoms with Gasteiger partial charge in [0.1, 0.15) is 11.0 Å². The van der Waals surface area contributed by atoms with Crippen LogP contribution in [0, 0.1) is 7.14 Å². The van der Waals surface area contributed by atoms with Crippen LogP contribution in [0.15, 0.2) is 12.1 Å². The van der Waals surface area contributed by atoms with Crippen LogP contribution < -0.4 is 5.32 Å². The molecule has 92 valence electrons. The normalized spacial score (nSPS) is 23.9. The summed E-state index contributed by atoms with van der Waals surface area (Å²) < 4.78 is 1.81. The lowest BCUT2D eigenvalue weighted by atomic mass is 10.2. The molecule has 1 aliphatic rings. The summed E-state index contributed by atoms with van der Waals surface area (Å²) in [6, 6.07) is 3.77. The highest BCUT2D eigenvalue weighted by atomic mass is 127. The smallest absolute Gasteiger partial charge is 0.318 e. The molecular weight excluding hydrogens is 468 g/mol. The van der Waals surface area contributed by atoms with Crippen LogP contribution in [0.3, 0.4) is 0 Å². The van der Waals surface area contributed by atoms with E-state index >= 15 is 0 Å². The molecule has 0 unspecified atom stereocenters. The monoisotopic (exact) mass is 477 g/mol. The number of rotatable bonds is 2. The Morgan fingerprint density at radius 1 is 1.47 bits per heavy atom. The Kier molecular flexibility index (Phi) is 4.42. The molecule has 0 amide bonds. The van der Waals surface area contributed by atoms with Crippen molar-refractivity contribution in [1.29, 1.82) is 0 Å². The van der Waals surface area contributed by atoms with Crippen molar-refractivity contribution >= 4 is 62.9 Å². The zero-order valence-corrected chi connectivity index (χ0v) is 13.6. The number of phenolic OH excluding ortho intramolecular Hbond substituents is 1. The number of thioether (sulfide) groups is 1. The van der Waals surface area contributed by atoms with Gasteiger partial charge in [0, 0.05) is 15.7 Å². The van der Waals surface area contributed by atoms with Gasteiger partial charge in [0.05, 0.1) is 8.94 Å². The van der Waals surface area contributed by atoms with Crippen LogP contribution in [0.4, 0.5) is 0 Å². The molecule has 1 saturated heterocycles.